The average molecular weight is 163 g/mol. The maximum atomic E-state index is 4.29. The highest BCUT2D eigenvalue weighted by Gasteiger charge is 1.96. The second-order valence-corrected chi connectivity index (χ2v) is 3.59. The standard InChI is InChI=1S/C6H14NPS/c1-4-5-7(2)6(9)8-3/h9H,4-5H2,1-3H3. The third-order valence-electron chi connectivity index (χ3n) is 1.10. The highest BCUT2D eigenvalue weighted by molar-refractivity contribution is 8.03. The zero-order chi connectivity index (χ0) is 7.28. The number of thiol groups is 1. The molecule has 0 aromatic heterocycles. The van der Waals surface area contributed by atoms with Crippen LogP contribution >= 0.6 is 20.8 Å². The molecule has 0 aromatic carbocycles. The molecule has 0 radical (unpaired) electrons. The van der Waals surface area contributed by atoms with Gasteiger partial charge in [0.1, 0.15) is 0 Å². The van der Waals surface area contributed by atoms with Crippen molar-refractivity contribution < 1.29 is 0 Å². The van der Waals surface area contributed by atoms with Crippen LogP contribution in [0.2, 0.25) is 0 Å². The molecular weight excluding hydrogens is 149 g/mol. The normalized spacial score (nSPS) is 12.8. The van der Waals surface area contributed by atoms with Gasteiger partial charge in [-0.1, -0.05) is 15.1 Å². The average Bonchev–Trinajstić information content (AvgIpc) is 1.87. The summed E-state index contributed by atoms with van der Waals surface area (Å²) in [4.78, 5) is 2.17. The molecular formula is C6H14NPS. The van der Waals surface area contributed by atoms with Crippen LogP contribution < -0.4 is 0 Å². The summed E-state index contributed by atoms with van der Waals surface area (Å²) >= 11 is 4.29. The first-order valence-electron chi connectivity index (χ1n) is 3.09. The van der Waals surface area contributed by atoms with E-state index in [1.54, 1.807) is 0 Å². The van der Waals surface area contributed by atoms with Crippen LogP contribution in [0.3, 0.4) is 0 Å². The monoisotopic (exact) mass is 163 g/mol. The van der Waals surface area contributed by atoms with Crippen LogP contribution in [0.15, 0.2) is 0 Å². The molecule has 0 aliphatic rings. The fourth-order valence-electron chi connectivity index (χ4n) is 0.606. The van der Waals surface area contributed by atoms with Gasteiger partial charge in [-0.25, -0.2) is 0 Å². The van der Waals surface area contributed by atoms with Gasteiger partial charge in [0.2, 0.25) is 0 Å². The fraction of sp³-hybridized carbons (Fsp3) is 0.833. The van der Waals surface area contributed by atoms with Crippen molar-refractivity contribution >= 4 is 25.6 Å². The molecule has 0 aliphatic heterocycles. The van der Waals surface area contributed by atoms with Crippen LogP contribution in [0.5, 0.6) is 0 Å². The Kier molecular flexibility index (Phi) is 5.56. The van der Waals surface area contributed by atoms with Crippen molar-refractivity contribution in [2.75, 3.05) is 20.3 Å². The zero-order valence-corrected chi connectivity index (χ0v) is 8.04. The highest BCUT2D eigenvalue weighted by atomic mass is 32.1. The Morgan fingerprint density at radius 1 is 1.67 bits per heavy atom. The minimum atomic E-state index is 1.11. The summed E-state index contributed by atoms with van der Waals surface area (Å²) in [5.41, 5.74) is 0. The Morgan fingerprint density at radius 2 is 2.22 bits per heavy atom. The minimum absolute atomic E-state index is 1.11. The van der Waals surface area contributed by atoms with E-state index < -0.39 is 0 Å². The van der Waals surface area contributed by atoms with Gasteiger partial charge in [-0.3, -0.25) is 4.90 Å². The van der Waals surface area contributed by atoms with Crippen LogP contribution in [0.1, 0.15) is 13.3 Å². The molecule has 0 fully saturated rings. The first-order valence-corrected chi connectivity index (χ1v) is 4.88. The van der Waals surface area contributed by atoms with Crippen LogP contribution in [0.4, 0.5) is 0 Å². The summed E-state index contributed by atoms with van der Waals surface area (Å²) in [6.45, 7) is 5.37. The van der Waals surface area contributed by atoms with E-state index in [0.29, 0.717) is 0 Å². The van der Waals surface area contributed by atoms with Crippen molar-refractivity contribution in [3.05, 3.63) is 0 Å². The summed E-state index contributed by atoms with van der Waals surface area (Å²) in [6.07, 6.45) is 1.19. The quantitative estimate of drug-likeness (QED) is 0.491. The summed E-state index contributed by atoms with van der Waals surface area (Å²) in [5.74, 6) is 0. The van der Waals surface area contributed by atoms with Gasteiger partial charge in [0.15, 0.2) is 0 Å². The fourth-order valence-corrected chi connectivity index (χ4v) is 1.15. The van der Waals surface area contributed by atoms with Crippen molar-refractivity contribution in [2.24, 2.45) is 0 Å². The molecule has 0 amide bonds. The van der Waals surface area contributed by atoms with Crippen LogP contribution in [-0.2, 0) is 0 Å². The molecule has 1 nitrogen and oxygen atoms in total. The van der Waals surface area contributed by atoms with Gasteiger partial charge in [-0.05, 0) is 20.1 Å². The molecule has 9 heavy (non-hydrogen) atoms. The first-order chi connectivity index (χ1) is 4.22. The van der Waals surface area contributed by atoms with E-state index >= 15 is 0 Å². The van der Waals surface area contributed by atoms with Crippen LogP contribution in [0, 0.1) is 0 Å². The summed E-state index contributed by atoms with van der Waals surface area (Å²) in [6, 6.07) is 0. The number of rotatable bonds is 3. The van der Waals surface area contributed by atoms with E-state index in [9.17, 15) is 0 Å². The van der Waals surface area contributed by atoms with Crippen molar-refractivity contribution in [1.82, 2.24) is 4.90 Å². The number of hydrogen-bond acceptors (Lipinski definition) is 0. The molecule has 0 atom stereocenters. The van der Waals surface area contributed by atoms with E-state index in [1.165, 1.54) is 14.6 Å². The predicted molar refractivity (Wildman–Crippen MR) is 49.8 cm³/mol. The lowest BCUT2D eigenvalue weighted by molar-refractivity contribution is 0.518. The minimum Gasteiger partial charge on any atom is -0.269 e. The molecule has 0 N–H and O–H groups in total. The van der Waals surface area contributed by atoms with Gasteiger partial charge in [-0.15, -0.1) is 12.6 Å². The molecule has 0 rings (SSSR count). The molecule has 0 spiro atoms. The maximum absolute atomic E-state index is 4.29. The van der Waals surface area contributed by atoms with Gasteiger partial charge in [0.25, 0.3) is 0 Å². The lowest BCUT2D eigenvalue weighted by atomic mass is 10.5. The molecule has 0 aromatic rings. The first kappa shape index (κ1) is 9.48. The lowest BCUT2D eigenvalue weighted by Crippen LogP contribution is -2.21. The van der Waals surface area contributed by atoms with Gasteiger partial charge in [-0.2, -0.15) is 0 Å². The van der Waals surface area contributed by atoms with Crippen molar-refractivity contribution in [3.8, 4) is 0 Å². The van der Waals surface area contributed by atoms with E-state index in [2.05, 4.69) is 38.2 Å². The van der Waals surface area contributed by atoms with E-state index in [-0.39, 0.29) is 0 Å². The Morgan fingerprint density at radius 3 is 2.56 bits per heavy atom. The molecule has 0 saturated heterocycles. The van der Waals surface area contributed by atoms with Gasteiger partial charge in [0, 0.05) is 6.54 Å². The Balaban J connectivity index is 3.59. The second kappa shape index (κ2) is 5.28. The summed E-state index contributed by atoms with van der Waals surface area (Å²) in [7, 11) is 3.33. The van der Waals surface area contributed by atoms with E-state index in [0.717, 1.165) is 11.3 Å². The van der Waals surface area contributed by atoms with Gasteiger partial charge in [0.05, 0.1) is 4.75 Å². The van der Waals surface area contributed by atoms with Crippen molar-refractivity contribution in [1.29, 1.82) is 0 Å². The SMILES string of the molecule is CCCN(C)/C(S)=P/C. The molecule has 3 heteroatoms. The molecule has 0 saturated carbocycles. The third-order valence-corrected chi connectivity index (χ3v) is 2.78. The molecule has 0 unspecified atom stereocenters. The summed E-state index contributed by atoms with van der Waals surface area (Å²) in [5, 5.41) is 0. The van der Waals surface area contributed by atoms with Crippen molar-refractivity contribution in [2.45, 2.75) is 13.3 Å². The third kappa shape index (κ3) is 3.96. The maximum Gasteiger partial charge on any atom is 0.0706 e. The predicted octanol–water partition coefficient (Wildman–Crippen LogP) is 1.92. The summed E-state index contributed by atoms with van der Waals surface area (Å²) < 4.78 is 1.15. The lowest BCUT2D eigenvalue weighted by Gasteiger charge is -2.13. The Hall–Kier alpha value is 0.480. The Labute approximate surface area is 64.7 Å². The highest BCUT2D eigenvalue weighted by Crippen LogP contribution is 2.02. The Bertz CT molecular complexity index is 103. The second-order valence-electron chi connectivity index (χ2n) is 1.95. The largest absolute Gasteiger partial charge is 0.269 e. The van der Waals surface area contributed by atoms with Gasteiger partial charge < -0.3 is 0 Å². The molecule has 0 aliphatic carbocycles. The number of nitrogens with zero attached hydrogens (tertiary/aromatic N) is 1. The van der Waals surface area contributed by atoms with E-state index in [4.69, 9.17) is 0 Å². The van der Waals surface area contributed by atoms with Crippen LogP contribution in [0.25, 0.3) is 0 Å². The smallest absolute Gasteiger partial charge is 0.0706 e. The van der Waals surface area contributed by atoms with E-state index in [1.807, 2.05) is 0 Å². The van der Waals surface area contributed by atoms with Crippen molar-refractivity contribution in [3.63, 3.8) is 0 Å². The zero-order valence-electron chi connectivity index (χ0n) is 6.26. The molecule has 0 heterocycles. The molecule has 54 valence electrons. The van der Waals surface area contributed by atoms with Crippen LogP contribution in [-0.4, -0.2) is 29.9 Å². The van der Waals surface area contributed by atoms with Gasteiger partial charge >= 0.3 is 0 Å². The topological polar surface area (TPSA) is 3.24 Å². The number of hydrogen-bond donors (Lipinski definition) is 1. The molecule has 0 bridgehead atoms.